The average Bonchev–Trinajstić information content (AvgIpc) is 2.98. The van der Waals surface area contributed by atoms with Crippen LogP contribution in [0.15, 0.2) is 23.4 Å². The van der Waals surface area contributed by atoms with E-state index in [1.807, 2.05) is 11.1 Å². The van der Waals surface area contributed by atoms with Crippen LogP contribution in [0, 0.1) is 23.6 Å². The maximum Gasteiger partial charge on any atom is 0.414 e. The number of anilines is 2. The number of carbonyl (C=O) groups is 2. The number of ether oxygens (including phenoxy) is 1. The number of cyclic esters (lactones) is 1. The number of nitrogens with one attached hydrogen (secondary N) is 1. The van der Waals surface area contributed by atoms with Crippen molar-refractivity contribution in [2.45, 2.75) is 13.0 Å². The molecule has 1 saturated carbocycles. The van der Waals surface area contributed by atoms with Crippen LogP contribution in [-0.2, 0) is 14.4 Å². The lowest BCUT2D eigenvalue weighted by atomic mass is 10.2. The minimum absolute atomic E-state index is 0.190. The van der Waals surface area contributed by atoms with Crippen LogP contribution in [0.3, 0.4) is 0 Å². The van der Waals surface area contributed by atoms with Gasteiger partial charge in [-0.15, -0.1) is 0 Å². The molecule has 8 nitrogen and oxygen atoms in total. The second-order valence-corrected chi connectivity index (χ2v) is 7.44. The van der Waals surface area contributed by atoms with Gasteiger partial charge in [-0.3, -0.25) is 9.69 Å². The highest BCUT2D eigenvalue weighted by Gasteiger charge is 2.55. The molecule has 4 rings (SSSR count). The fraction of sp³-hybridized carbons (Fsp3) is 0.526. The molecule has 0 aromatic heterocycles. The van der Waals surface area contributed by atoms with E-state index in [9.17, 15) is 14.0 Å². The lowest BCUT2D eigenvalue weighted by Gasteiger charge is -2.23. The fourth-order valence-electron chi connectivity index (χ4n) is 4.14. The summed E-state index contributed by atoms with van der Waals surface area (Å²) in [5.74, 6) is 0.837. The number of halogens is 1. The number of benzene rings is 1. The van der Waals surface area contributed by atoms with Crippen LogP contribution in [0.4, 0.5) is 20.6 Å². The smallest absolute Gasteiger partial charge is 0.414 e. The van der Waals surface area contributed by atoms with Gasteiger partial charge in [0, 0.05) is 32.1 Å². The summed E-state index contributed by atoms with van der Waals surface area (Å²) in [6.07, 6.45) is 0.850. The average molecular weight is 390 g/mol. The van der Waals surface area contributed by atoms with Gasteiger partial charge < -0.3 is 19.8 Å². The molecule has 2 amide bonds. The first-order valence-electron chi connectivity index (χ1n) is 9.31. The molecule has 3 fully saturated rings. The van der Waals surface area contributed by atoms with E-state index in [1.54, 1.807) is 12.1 Å². The Morgan fingerprint density at radius 1 is 1.39 bits per heavy atom. The third-order valence-electron chi connectivity index (χ3n) is 5.64. The van der Waals surface area contributed by atoms with Crippen LogP contribution in [0.5, 0.6) is 0 Å². The van der Waals surface area contributed by atoms with E-state index in [2.05, 4.69) is 10.5 Å². The topological polar surface area (TPSA) is 83.5 Å². The van der Waals surface area contributed by atoms with Gasteiger partial charge >= 0.3 is 6.09 Å². The standard InChI is InChI=1S/C19H23FN4O4/c1-11(25)21-6-13-8-24(19(26)28-13)12-3-4-18(17(20)5-12)23-9-15-14(7-22-27-2)16(15)10-23/h3-5,7,13-16H,6,8-10H2,1-2H3,(H,21,25)/t13-,14?,15-,16+/m0/s1. The van der Waals surface area contributed by atoms with Gasteiger partial charge in [0.2, 0.25) is 5.91 Å². The van der Waals surface area contributed by atoms with Gasteiger partial charge in [-0.25, -0.2) is 9.18 Å². The first kappa shape index (κ1) is 18.5. The van der Waals surface area contributed by atoms with Crippen LogP contribution in [-0.4, -0.2) is 57.6 Å². The molecule has 1 aromatic rings. The third-order valence-corrected chi connectivity index (χ3v) is 5.64. The maximum atomic E-state index is 14.8. The molecule has 0 bridgehead atoms. The first-order chi connectivity index (χ1) is 13.5. The molecule has 0 radical (unpaired) electrons. The Hall–Kier alpha value is -2.84. The van der Waals surface area contributed by atoms with E-state index in [0.717, 1.165) is 13.1 Å². The zero-order valence-electron chi connectivity index (χ0n) is 15.8. The summed E-state index contributed by atoms with van der Waals surface area (Å²) >= 11 is 0. The van der Waals surface area contributed by atoms with Crippen molar-refractivity contribution >= 4 is 29.6 Å². The Balaban J connectivity index is 1.39. The third kappa shape index (κ3) is 3.48. The van der Waals surface area contributed by atoms with Gasteiger partial charge in [-0.1, -0.05) is 5.16 Å². The number of hydrogen-bond donors (Lipinski definition) is 1. The zero-order chi connectivity index (χ0) is 19.8. The monoisotopic (exact) mass is 390 g/mol. The lowest BCUT2D eigenvalue weighted by Crippen LogP contribution is -2.33. The number of oxime groups is 1. The van der Waals surface area contributed by atoms with Crippen LogP contribution in [0.2, 0.25) is 0 Å². The number of nitrogens with zero attached hydrogens (tertiary/aromatic N) is 3. The molecule has 1 unspecified atom stereocenters. The van der Waals surface area contributed by atoms with Crippen LogP contribution >= 0.6 is 0 Å². The molecular weight excluding hydrogens is 367 g/mol. The Morgan fingerprint density at radius 3 is 2.79 bits per heavy atom. The van der Waals surface area contributed by atoms with Crippen molar-refractivity contribution in [2.75, 3.05) is 43.1 Å². The molecule has 3 aliphatic rings. The van der Waals surface area contributed by atoms with Gasteiger partial charge in [0.25, 0.3) is 0 Å². The molecular formula is C19H23FN4O4. The molecule has 9 heteroatoms. The van der Waals surface area contributed by atoms with Gasteiger partial charge in [0.15, 0.2) is 0 Å². The zero-order valence-corrected chi connectivity index (χ0v) is 15.8. The molecule has 2 saturated heterocycles. The highest BCUT2D eigenvalue weighted by molar-refractivity contribution is 5.90. The largest absolute Gasteiger partial charge is 0.442 e. The van der Waals surface area contributed by atoms with E-state index in [0.29, 0.717) is 29.1 Å². The number of rotatable bonds is 6. The summed E-state index contributed by atoms with van der Waals surface area (Å²) in [6, 6.07) is 4.81. The minimum atomic E-state index is -0.537. The van der Waals surface area contributed by atoms with E-state index < -0.39 is 12.2 Å². The number of hydrogen-bond acceptors (Lipinski definition) is 6. The highest BCUT2D eigenvalue weighted by Crippen LogP contribution is 2.51. The molecule has 2 aliphatic heterocycles. The van der Waals surface area contributed by atoms with E-state index in [1.165, 1.54) is 25.0 Å². The Labute approximate surface area is 162 Å². The van der Waals surface area contributed by atoms with Crippen molar-refractivity contribution in [1.29, 1.82) is 0 Å². The van der Waals surface area contributed by atoms with Gasteiger partial charge in [0.05, 0.1) is 24.5 Å². The summed E-state index contributed by atoms with van der Waals surface area (Å²) in [5, 5.41) is 6.45. The lowest BCUT2D eigenvalue weighted by molar-refractivity contribution is -0.119. The predicted octanol–water partition coefficient (Wildman–Crippen LogP) is 1.60. The van der Waals surface area contributed by atoms with E-state index in [4.69, 9.17) is 9.57 Å². The highest BCUT2D eigenvalue weighted by atomic mass is 19.1. The Kier molecular flexibility index (Phi) is 4.82. The molecule has 1 N–H and O–H groups in total. The van der Waals surface area contributed by atoms with Crippen molar-refractivity contribution in [2.24, 2.45) is 22.9 Å². The first-order valence-corrected chi connectivity index (χ1v) is 9.31. The quantitative estimate of drug-likeness (QED) is 0.589. The van der Waals surface area contributed by atoms with Crippen LogP contribution in [0.1, 0.15) is 6.92 Å². The number of carbonyl (C=O) groups excluding carboxylic acids is 2. The van der Waals surface area contributed by atoms with E-state index in [-0.39, 0.29) is 24.8 Å². The SMILES string of the molecule is CON=CC1[C@H]2CN(c3ccc(N4C[C@H](CNC(C)=O)OC4=O)cc3F)C[C@@H]12. The predicted molar refractivity (Wildman–Crippen MR) is 101 cm³/mol. The number of fused-ring (bicyclic) bond motifs is 1. The van der Waals surface area contributed by atoms with Gasteiger partial charge in [0.1, 0.15) is 19.0 Å². The second kappa shape index (κ2) is 7.29. The molecule has 4 atom stereocenters. The molecule has 28 heavy (non-hydrogen) atoms. The summed E-state index contributed by atoms with van der Waals surface area (Å²) in [7, 11) is 1.52. The molecule has 1 aliphatic carbocycles. The van der Waals surface area contributed by atoms with Gasteiger partial charge in [-0.2, -0.15) is 0 Å². The van der Waals surface area contributed by atoms with Crippen molar-refractivity contribution < 1.29 is 23.6 Å². The fourth-order valence-corrected chi connectivity index (χ4v) is 4.14. The maximum absolute atomic E-state index is 14.8. The summed E-state index contributed by atoms with van der Waals surface area (Å²) in [5.41, 5.74) is 0.992. The number of amides is 2. The Bertz CT molecular complexity index is 805. The van der Waals surface area contributed by atoms with Gasteiger partial charge in [-0.05, 0) is 30.0 Å². The summed E-state index contributed by atoms with van der Waals surface area (Å²) in [4.78, 5) is 31.2. The normalized spacial score (nSPS) is 28.5. The molecule has 2 heterocycles. The van der Waals surface area contributed by atoms with Crippen molar-refractivity contribution in [3.8, 4) is 0 Å². The van der Waals surface area contributed by atoms with Crippen molar-refractivity contribution in [3.63, 3.8) is 0 Å². The minimum Gasteiger partial charge on any atom is -0.442 e. The molecule has 0 spiro atoms. The van der Waals surface area contributed by atoms with Crippen LogP contribution in [0.25, 0.3) is 0 Å². The molecule has 150 valence electrons. The molecule has 1 aromatic carbocycles. The summed E-state index contributed by atoms with van der Waals surface area (Å²) in [6.45, 7) is 3.48. The second-order valence-electron chi connectivity index (χ2n) is 7.44. The number of piperidine rings is 1. The van der Waals surface area contributed by atoms with Crippen LogP contribution < -0.4 is 15.1 Å². The summed E-state index contributed by atoms with van der Waals surface area (Å²) < 4.78 is 20.0. The van der Waals surface area contributed by atoms with Crippen molar-refractivity contribution in [3.05, 3.63) is 24.0 Å². The Morgan fingerprint density at radius 2 is 2.14 bits per heavy atom. The van der Waals surface area contributed by atoms with Crippen molar-refractivity contribution in [1.82, 2.24) is 5.32 Å². The van der Waals surface area contributed by atoms with E-state index >= 15 is 0 Å².